The number of rotatable bonds is 3. The molecule has 0 bridgehead atoms. The molecule has 0 aliphatic carbocycles. The molecule has 1 aromatic heterocycles. The molecular formula is C11H8Cl2N2O2. The quantitative estimate of drug-likeness (QED) is 0.933. The minimum absolute atomic E-state index is 0.0981. The second kappa shape index (κ2) is 4.77. The number of benzene rings is 1. The van der Waals surface area contributed by atoms with Crippen LogP contribution in [0.4, 0.5) is 0 Å². The summed E-state index contributed by atoms with van der Waals surface area (Å²) >= 11 is 12.0. The van der Waals surface area contributed by atoms with Crippen LogP contribution in [-0.4, -0.2) is 20.9 Å². The maximum Gasteiger partial charge on any atom is 0.354 e. The number of nitrogens with zero attached hydrogens (tertiary/aromatic N) is 2. The van der Waals surface area contributed by atoms with E-state index in [4.69, 9.17) is 28.3 Å². The standard InChI is InChI=1S/C11H8Cl2N2O2/c12-8-2-1-3-9(13)7(8)6-15-10(11(16)17)4-5-14-15/h1-5H,6H2,(H,16,17). The van der Waals surface area contributed by atoms with Gasteiger partial charge in [-0.25, -0.2) is 4.79 Å². The first-order valence-corrected chi connectivity index (χ1v) is 5.53. The van der Waals surface area contributed by atoms with Crippen LogP contribution in [0.15, 0.2) is 30.5 Å². The normalized spacial score (nSPS) is 10.5. The summed E-state index contributed by atoms with van der Waals surface area (Å²) in [5, 5.41) is 13.9. The molecule has 0 spiro atoms. The number of hydrogen-bond acceptors (Lipinski definition) is 2. The van der Waals surface area contributed by atoms with Crippen LogP contribution in [0.3, 0.4) is 0 Å². The van der Waals surface area contributed by atoms with Crippen LogP contribution in [0.2, 0.25) is 10.0 Å². The lowest BCUT2D eigenvalue weighted by atomic mass is 10.2. The summed E-state index contributed by atoms with van der Waals surface area (Å²) in [6, 6.07) is 6.56. The Balaban J connectivity index is 2.38. The minimum atomic E-state index is -1.04. The van der Waals surface area contributed by atoms with Crippen LogP contribution in [0.5, 0.6) is 0 Å². The number of carboxylic acids is 1. The third-order valence-corrected chi connectivity index (χ3v) is 3.01. The zero-order valence-electron chi connectivity index (χ0n) is 8.60. The summed E-state index contributed by atoms with van der Waals surface area (Å²) in [5.41, 5.74) is 0.753. The summed E-state index contributed by atoms with van der Waals surface area (Å²) in [4.78, 5) is 10.9. The molecule has 1 aromatic carbocycles. The molecule has 0 radical (unpaired) electrons. The fourth-order valence-electron chi connectivity index (χ4n) is 1.47. The van der Waals surface area contributed by atoms with Gasteiger partial charge < -0.3 is 5.11 Å². The van der Waals surface area contributed by atoms with Gasteiger partial charge in [0.15, 0.2) is 0 Å². The van der Waals surface area contributed by atoms with Crippen LogP contribution >= 0.6 is 23.2 Å². The van der Waals surface area contributed by atoms with Crippen molar-refractivity contribution in [1.29, 1.82) is 0 Å². The third kappa shape index (κ3) is 2.43. The molecule has 88 valence electrons. The van der Waals surface area contributed by atoms with E-state index in [9.17, 15) is 4.79 Å². The molecule has 0 unspecified atom stereocenters. The minimum Gasteiger partial charge on any atom is -0.477 e. The van der Waals surface area contributed by atoms with Crippen molar-refractivity contribution >= 4 is 29.2 Å². The molecule has 6 heteroatoms. The molecule has 1 heterocycles. The fourth-order valence-corrected chi connectivity index (χ4v) is 1.99. The van der Waals surface area contributed by atoms with Crippen molar-refractivity contribution in [2.75, 3.05) is 0 Å². The highest BCUT2D eigenvalue weighted by molar-refractivity contribution is 6.35. The molecule has 2 rings (SSSR count). The summed E-state index contributed by atoms with van der Waals surface area (Å²) < 4.78 is 1.34. The first-order valence-electron chi connectivity index (χ1n) is 4.77. The number of aromatic nitrogens is 2. The van der Waals surface area contributed by atoms with Crippen LogP contribution in [0, 0.1) is 0 Å². The third-order valence-electron chi connectivity index (χ3n) is 2.31. The van der Waals surface area contributed by atoms with Crippen molar-refractivity contribution in [3.63, 3.8) is 0 Å². The van der Waals surface area contributed by atoms with Crippen LogP contribution in [0.1, 0.15) is 16.1 Å². The summed E-state index contributed by atoms with van der Waals surface area (Å²) in [5.74, 6) is -1.04. The lowest BCUT2D eigenvalue weighted by Gasteiger charge is -2.08. The van der Waals surface area contributed by atoms with Gasteiger partial charge in [0.1, 0.15) is 5.69 Å². The summed E-state index contributed by atoms with van der Waals surface area (Å²) in [6.45, 7) is 0.229. The van der Waals surface area contributed by atoms with Gasteiger partial charge in [0.2, 0.25) is 0 Å². The van der Waals surface area contributed by atoms with E-state index in [0.717, 1.165) is 0 Å². The van der Waals surface area contributed by atoms with E-state index in [0.29, 0.717) is 15.6 Å². The van der Waals surface area contributed by atoms with Gasteiger partial charge in [0.25, 0.3) is 0 Å². The van der Waals surface area contributed by atoms with Gasteiger partial charge in [0.05, 0.1) is 6.54 Å². The number of aromatic carboxylic acids is 1. The maximum atomic E-state index is 10.9. The Morgan fingerprint density at radius 3 is 2.53 bits per heavy atom. The number of carbonyl (C=O) groups is 1. The van der Waals surface area contributed by atoms with E-state index < -0.39 is 5.97 Å². The highest BCUT2D eigenvalue weighted by Gasteiger charge is 2.13. The molecule has 0 atom stereocenters. The van der Waals surface area contributed by atoms with Crippen molar-refractivity contribution in [2.24, 2.45) is 0 Å². The van der Waals surface area contributed by atoms with Gasteiger partial charge in [-0.2, -0.15) is 5.10 Å². The first kappa shape index (κ1) is 12.0. The molecule has 0 aliphatic heterocycles. The molecule has 17 heavy (non-hydrogen) atoms. The van der Waals surface area contributed by atoms with E-state index in [1.165, 1.54) is 16.9 Å². The van der Waals surface area contributed by atoms with Crippen molar-refractivity contribution in [3.05, 3.63) is 51.8 Å². The lowest BCUT2D eigenvalue weighted by Crippen LogP contribution is -2.11. The van der Waals surface area contributed by atoms with Crippen molar-refractivity contribution in [3.8, 4) is 0 Å². The number of hydrogen-bond donors (Lipinski definition) is 1. The second-order valence-corrected chi connectivity index (χ2v) is 4.19. The zero-order valence-corrected chi connectivity index (χ0v) is 10.1. The molecule has 4 nitrogen and oxygen atoms in total. The predicted molar refractivity (Wildman–Crippen MR) is 64.8 cm³/mol. The summed E-state index contributed by atoms with van der Waals surface area (Å²) in [6.07, 6.45) is 1.42. The molecule has 2 aromatic rings. The Kier molecular flexibility index (Phi) is 3.36. The highest BCUT2D eigenvalue weighted by Crippen LogP contribution is 2.25. The van der Waals surface area contributed by atoms with Crippen LogP contribution in [0.25, 0.3) is 0 Å². The van der Waals surface area contributed by atoms with Crippen molar-refractivity contribution < 1.29 is 9.90 Å². The second-order valence-electron chi connectivity index (χ2n) is 3.38. The molecular weight excluding hydrogens is 263 g/mol. The largest absolute Gasteiger partial charge is 0.477 e. The highest BCUT2D eigenvalue weighted by atomic mass is 35.5. The van der Waals surface area contributed by atoms with E-state index >= 15 is 0 Å². The Morgan fingerprint density at radius 2 is 1.94 bits per heavy atom. The fraction of sp³-hybridized carbons (Fsp3) is 0.0909. The van der Waals surface area contributed by atoms with Crippen LogP contribution < -0.4 is 0 Å². The topological polar surface area (TPSA) is 55.1 Å². The van der Waals surface area contributed by atoms with E-state index in [1.54, 1.807) is 18.2 Å². The maximum absolute atomic E-state index is 10.9. The van der Waals surface area contributed by atoms with Gasteiger partial charge in [-0.3, -0.25) is 4.68 Å². The molecule has 0 fully saturated rings. The van der Waals surface area contributed by atoms with Gasteiger partial charge in [-0.1, -0.05) is 29.3 Å². The van der Waals surface area contributed by atoms with Gasteiger partial charge in [-0.15, -0.1) is 0 Å². The van der Waals surface area contributed by atoms with E-state index in [-0.39, 0.29) is 12.2 Å². The Hall–Kier alpha value is -1.52. The summed E-state index contributed by atoms with van der Waals surface area (Å²) in [7, 11) is 0. The predicted octanol–water partition coefficient (Wildman–Crippen LogP) is 2.94. The van der Waals surface area contributed by atoms with Gasteiger partial charge >= 0.3 is 5.97 Å². The van der Waals surface area contributed by atoms with E-state index in [1.807, 2.05) is 0 Å². The molecule has 0 aliphatic rings. The first-order chi connectivity index (χ1) is 8.09. The monoisotopic (exact) mass is 270 g/mol. The van der Waals surface area contributed by atoms with Crippen molar-refractivity contribution in [1.82, 2.24) is 9.78 Å². The Morgan fingerprint density at radius 1 is 1.29 bits per heavy atom. The molecule has 0 saturated carbocycles. The average molecular weight is 271 g/mol. The lowest BCUT2D eigenvalue weighted by molar-refractivity contribution is 0.0684. The average Bonchev–Trinajstić information content (AvgIpc) is 2.72. The Bertz CT molecular complexity index is 546. The zero-order chi connectivity index (χ0) is 12.4. The van der Waals surface area contributed by atoms with Gasteiger partial charge in [0, 0.05) is 21.8 Å². The smallest absolute Gasteiger partial charge is 0.354 e. The van der Waals surface area contributed by atoms with E-state index in [2.05, 4.69) is 5.10 Å². The van der Waals surface area contributed by atoms with Crippen LogP contribution in [-0.2, 0) is 6.54 Å². The number of halogens is 2. The van der Waals surface area contributed by atoms with Crippen molar-refractivity contribution in [2.45, 2.75) is 6.54 Å². The Labute approximate surface area is 107 Å². The molecule has 1 N–H and O–H groups in total. The SMILES string of the molecule is O=C(O)c1ccnn1Cc1c(Cl)cccc1Cl. The molecule has 0 amide bonds. The molecule has 0 saturated heterocycles. The van der Waals surface area contributed by atoms with Gasteiger partial charge in [-0.05, 0) is 18.2 Å². The number of carboxylic acid groups (broad SMARTS) is 1.